The number of ether oxygens (including phenoxy) is 3. The number of rotatable bonds is 18. The van der Waals surface area contributed by atoms with Crippen molar-refractivity contribution in [3.8, 4) is 0 Å². The molecule has 9 heteroatoms. The van der Waals surface area contributed by atoms with Crippen LogP contribution < -0.4 is 10.6 Å². The van der Waals surface area contributed by atoms with Gasteiger partial charge in [-0.1, -0.05) is 26.3 Å². The van der Waals surface area contributed by atoms with Crippen LogP contribution in [0.5, 0.6) is 0 Å². The number of nitrogens with zero attached hydrogens (tertiary/aromatic N) is 1. The number of hydrogen-bond acceptors (Lipinski definition) is 7. The molecule has 0 radical (unpaired) electrons. The first-order valence-electron chi connectivity index (χ1n) is 10.5. The number of carbonyl (C=O) groups excluding carboxylic acids is 3. The largest absolute Gasteiger partial charge is 0.389 e. The van der Waals surface area contributed by atoms with Crippen molar-refractivity contribution in [2.24, 2.45) is 5.92 Å². The molecule has 0 aliphatic carbocycles. The summed E-state index contributed by atoms with van der Waals surface area (Å²) in [6.07, 6.45) is 7.73. The van der Waals surface area contributed by atoms with Gasteiger partial charge in [0.1, 0.15) is 0 Å². The second kappa shape index (κ2) is 16.6. The summed E-state index contributed by atoms with van der Waals surface area (Å²) in [5.41, 5.74) is 0. The van der Waals surface area contributed by atoms with E-state index in [1.54, 1.807) is 0 Å². The fourth-order valence-electron chi connectivity index (χ4n) is 2.34. The average molecular weight is 426 g/mol. The third-order valence-electron chi connectivity index (χ3n) is 4.35. The number of hydrogen-bond donors (Lipinski definition) is 2. The first-order valence-corrected chi connectivity index (χ1v) is 10.5. The lowest BCUT2D eigenvalue weighted by molar-refractivity contribution is -0.137. The van der Waals surface area contributed by atoms with Gasteiger partial charge in [-0.2, -0.15) is 0 Å². The summed E-state index contributed by atoms with van der Waals surface area (Å²) in [7, 11) is 0. The lowest BCUT2D eigenvalue weighted by atomic mass is 10.1. The fraction of sp³-hybridized carbons (Fsp3) is 0.667. The van der Waals surface area contributed by atoms with Crippen LogP contribution in [0, 0.1) is 5.92 Å². The Hall–Kier alpha value is -2.23. The molecule has 2 N–H and O–H groups in total. The van der Waals surface area contributed by atoms with Gasteiger partial charge in [0.2, 0.25) is 5.91 Å². The maximum absolute atomic E-state index is 11.7. The number of nitrogens with one attached hydrogen (secondary N) is 2. The molecule has 1 aliphatic heterocycles. The molecule has 0 fully saturated rings. The molecule has 0 aromatic heterocycles. The molecule has 1 heterocycles. The van der Waals surface area contributed by atoms with E-state index in [0.717, 1.165) is 17.9 Å². The molecular formula is C21H35N3O6. The van der Waals surface area contributed by atoms with Gasteiger partial charge in [-0.25, -0.2) is 0 Å². The third kappa shape index (κ3) is 12.4. The van der Waals surface area contributed by atoms with E-state index in [1.165, 1.54) is 12.2 Å². The molecule has 3 amide bonds. The van der Waals surface area contributed by atoms with E-state index >= 15 is 0 Å². The number of imide groups is 1. The predicted octanol–water partition coefficient (Wildman–Crippen LogP) is 0.617. The van der Waals surface area contributed by atoms with Gasteiger partial charge in [0.15, 0.2) is 0 Å². The van der Waals surface area contributed by atoms with Crippen LogP contribution in [0.15, 0.2) is 24.4 Å². The Labute approximate surface area is 178 Å². The Bertz CT molecular complexity index is 561. The molecule has 170 valence electrons. The zero-order valence-electron chi connectivity index (χ0n) is 18.1. The van der Waals surface area contributed by atoms with Crippen molar-refractivity contribution in [1.82, 2.24) is 15.5 Å². The lowest BCUT2D eigenvalue weighted by Gasteiger charge is -2.13. The molecule has 0 bridgehead atoms. The summed E-state index contributed by atoms with van der Waals surface area (Å²) in [6.45, 7) is 8.46. The van der Waals surface area contributed by atoms with Crippen LogP contribution in [-0.4, -0.2) is 81.9 Å². The van der Waals surface area contributed by atoms with Gasteiger partial charge < -0.3 is 24.8 Å². The van der Waals surface area contributed by atoms with E-state index in [-0.39, 0.29) is 30.7 Å². The van der Waals surface area contributed by atoms with Crippen LogP contribution in [-0.2, 0) is 28.6 Å². The van der Waals surface area contributed by atoms with Gasteiger partial charge in [-0.05, 0) is 12.1 Å². The molecule has 1 rings (SSSR count). The van der Waals surface area contributed by atoms with Crippen LogP contribution >= 0.6 is 0 Å². The summed E-state index contributed by atoms with van der Waals surface area (Å²) >= 11 is 0. The molecule has 0 aromatic carbocycles. The Morgan fingerprint density at radius 3 is 2.17 bits per heavy atom. The highest BCUT2D eigenvalue weighted by molar-refractivity contribution is 6.13. The van der Waals surface area contributed by atoms with Gasteiger partial charge in [0.25, 0.3) is 11.8 Å². The molecule has 1 atom stereocenters. The van der Waals surface area contributed by atoms with Gasteiger partial charge in [0, 0.05) is 38.2 Å². The van der Waals surface area contributed by atoms with Gasteiger partial charge in [-0.3, -0.25) is 19.3 Å². The van der Waals surface area contributed by atoms with Gasteiger partial charge in [-0.15, -0.1) is 0 Å². The van der Waals surface area contributed by atoms with E-state index in [4.69, 9.17) is 14.2 Å². The minimum atomic E-state index is -0.382. The molecule has 0 spiro atoms. The number of carbonyl (C=O) groups is 3. The lowest BCUT2D eigenvalue weighted by Crippen LogP contribution is -2.35. The summed E-state index contributed by atoms with van der Waals surface area (Å²) in [6, 6.07) is 0. The minimum Gasteiger partial charge on any atom is -0.389 e. The zero-order chi connectivity index (χ0) is 22.0. The van der Waals surface area contributed by atoms with Gasteiger partial charge in [0.05, 0.1) is 39.6 Å². The highest BCUT2D eigenvalue weighted by Gasteiger charge is 2.23. The zero-order valence-corrected chi connectivity index (χ0v) is 18.1. The Kier molecular flexibility index (Phi) is 14.2. The Morgan fingerprint density at radius 2 is 1.57 bits per heavy atom. The molecule has 0 saturated carbocycles. The van der Waals surface area contributed by atoms with Crippen molar-refractivity contribution < 1.29 is 28.6 Å². The molecule has 0 saturated heterocycles. The van der Waals surface area contributed by atoms with Crippen LogP contribution in [0.4, 0.5) is 0 Å². The smallest absolute Gasteiger partial charge is 0.253 e. The average Bonchev–Trinajstić information content (AvgIpc) is 3.06. The van der Waals surface area contributed by atoms with Crippen molar-refractivity contribution >= 4 is 17.7 Å². The summed E-state index contributed by atoms with van der Waals surface area (Å²) in [4.78, 5) is 35.5. The first kappa shape index (κ1) is 25.8. The molecule has 9 nitrogen and oxygen atoms in total. The second-order valence-corrected chi connectivity index (χ2v) is 6.80. The van der Waals surface area contributed by atoms with Crippen molar-refractivity contribution in [3.63, 3.8) is 0 Å². The topological polar surface area (TPSA) is 106 Å². The van der Waals surface area contributed by atoms with Gasteiger partial charge >= 0.3 is 0 Å². The van der Waals surface area contributed by atoms with E-state index < -0.39 is 0 Å². The van der Waals surface area contributed by atoms with E-state index in [0.29, 0.717) is 52.1 Å². The SMILES string of the molecule is CCC(C)/C=C\NCCOCCOCCOCCNC(=O)CCN1C(=O)C=CC1=O. The van der Waals surface area contributed by atoms with E-state index in [9.17, 15) is 14.4 Å². The summed E-state index contributed by atoms with van der Waals surface area (Å²) < 4.78 is 16.2. The van der Waals surface area contributed by atoms with Crippen molar-refractivity contribution in [1.29, 1.82) is 0 Å². The first-order chi connectivity index (χ1) is 14.5. The Balaban J connectivity index is 1.81. The standard InChI is InChI=1S/C21H35N3O6/c1-3-18(2)6-8-22-9-12-28-14-16-30-17-15-29-13-10-23-19(25)7-11-24-20(26)4-5-21(24)27/h4-6,8,18,22H,3,7,9-17H2,1-2H3,(H,23,25)/b8-6-. The summed E-state index contributed by atoms with van der Waals surface area (Å²) in [5, 5.41) is 5.86. The van der Waals surface area contributed by atoms with Crippen molar-refractivity contribution in [2.45, 2.75) is 26.7 Å². The normalized spacial score (nSPS) is 14.7. The maximum atomic E-state index is 11.7. The van der Waals surface area contributed by atoms with Crippen molar-refractivity contribution in [3.05, 3.63) is 24.4 Å². The maximum Gasteiger partial charge on any atom is 0.253 e. The quantitative estimate of drug-likeness (QED) is 0.245. The molecule has 1 unspecified atom stereocenters. The third-order valence-corrected chi connectivity index (χ3v) is 4.35. The Morgan fingerprint density at radius 1 is 1.00 bits per heavy atom. The van der Waals surface area contributed by atoms with Crippen LogP contribution in [0.1, 0.15) is 26.7 Å². The monoisotopic (exact) mass is 425 g/mol. The molecular weight excluding hydrogens is 390 g/mol. The molecule has 1 aliphatic rings. The highest BCUT2D eigenvalue weighted by Crippen LogP contribution is 2.03. The van der Waals surface area contributed by atoms with Crippen LogP contribution in [0.3, 0.4) is 0 Å². The van der Waals surface area contributed by atoms with Crippen LogP contribution in [0.25, 0.3) is 0 Å². The van der Waals surface area contributed by atoms with Crippen molar-refractivity contribution in [2.75, 3.05) is 59.3 Å². The fourth-order valence-corrected chi connectivity index (χ4v) is 2.34. The highest BCUT2D eigenvalue weighted by atomic mass is 16.5. The number of amides is 3. The van der Waals surface area contributed by atoms with E-state index in [2.05, 4.69) is 30.6 Å². The molecule has 0 aromatic rings. The predicted molar refractivity (Wildman–Crippen MR) is 113 cm³/mol. The van der Waals surface area contributed by atoms with E-state index in [1.807, 2.05) is 6.20 Å². The summed E-state index contributed by atoms with van der Waals surface area (Å²) in [5.74, 6) is -0.411. The minimum absolute atomic E-state index is 0.0753. The molecule has 30 heavy (non-hydrogen) atoms. The van der Waals surface area contributed by atoms with Crippen LogP contribution in [0.2, 0.25) is 0 Å². The number of allylic oxidation sites excluding steroid dienone is 1. The second-order valence-electron chi connectivity index (χ2n) is 6.80.